The van der Waals surface area contributed by atoms with Gasteiger partial charge < -0.3 is 19.9 Å². The maximum absolute atomic E-state index is 12.6. The molecule has 152 valence electrons. The molecule has 3 aromatic rings. The Kier molecular flexibility index (Phi) is 5.44. The number of hydrogen-bond acceptors (Lipinski definition) is 6. The summed E-state index contributed by atoms with van der Waals surface area (Å²) < 4.78 is 5.86. The van der Waals surface area contributed by atoms with E-state index in [0.717, 1.165) is 23.4 Å². The van der Waals surface area contributed by atoms with Gasteiger partial charge in [0, 0.05) is 26.1 Å². The second-order valence-electron chi connectivity index (χ2n) is 7.97. The number of hydrogen-bond donors (Lipinski definition) is 2. The Morgan fingerprint density at radius 1 is 1.28 bits per heavy atom. The van der Waals surface area contributed by atoms with Gasteiger partial charge in [0.2, 0.25) is 5.91 Å². The average molecular weight is 394 g/mol. The number of aromatic amines is 1. The molecule has 1 saturated heterocycles. The zero-order chi connectivity index (χ0) is 20.3. The molecule has 0 bridgehead atoms. The number of ether oxygens (including phenoxy) is 1. The molecule has 0 spiro atoms. The summed E-state index contributed by atoms with van der Waals surface area (Å²) >= 11 is 0. The molecule has 1 unspecified atom stereocenters. The van der Waals surface area contributed by atoms with Gasteiger partial charge in [-0.3, -0.25) is 4.79 Å². The monoisotopic (exact) mass is 394 g/mol. The van der Waals surface area contributed by atoms with Crippen LogP contribution in [-0.4, -0.2) is 58.2 Å². The van der Waals surface area contributed by atoms with Gasteiger partial charge in [-0.15, -0.1) is 0 Å². The predicted molar refractivity (Wildman–Crippen MR) is 111 cm³/mol. The van der Waals surface area contributed by atoms with Gasteiger partial charge in [-0.05, 0) is 11.0 Å². The molecule has 1 fully saturated rings. The van der Waals surface area contributed by atoms with Crippen molar-refractivity contribution in [3.8, 4) is 0 Å². The number of benzene rings is 1. The third-order valence-electron chi connectivity index (χ3n) is 5.33. The van der Waals surface area contributed by atoms with Crippen LogP contribution in [0.15, 0.2) is 43.0 Å². The van der Waals surface area contributed by atoms with Crippen LogP contribution in [0.2, 0.25) is 0 Å². The number of nitrogens with zero attached hydrogens (tertiary/aromatic N) is 4. The van der Waals surface area contributed by atoms with E-state index in [4.69, 9.17) is 4.74 Å². The molecule has 1 aromatic carbocycles. The van der Waals surface area contributed by atoms with Crippen LogP contribution in [0, 0.1) is 0 Å². The maximum atomic E-state index is 12.6. The fraction of sp³-hybridized carbons (Fsp3) is 0.429. The number of morpholine rings is 1. The molecule has 3 heterocycles. The van der Waals surface area contributed by atoms with Crippen molar-refractivity contribution in [3.63, 3.8) is 0 Å². The first-order valence-corrected chi connectivity index (χ1v) is 9.86. The lowest BCUT2D eigenvalue weighted by molar-refractivity contribution is -0.122. The van der Waals surface area contributed by atoms with E-state index >= 15 is 0 Å². The quantitative estimate of drug-likeness (QED) is 0.664. The molecule has 0 radical (unpaired) electrons. The molecular formula is C21H26N6O2. The molecule has 1 aliphatic rings. The minimum Gasteiger partial charge on any atom is -0.373 e. The zero-order valence-corrected chi connectivity index (χ0v) is 16.8. The fourth-order valence-corrected chi connectivity index (χ4v) is 3.71. The van der Waals surface area contributed by atoms with Crippen LogP contribution in [0.1, 0.15) is 25.8 Å². The van der Waals surface area contributed by atoms with E-state index < -0.39 is 0 Å². The summed E-state index contributed by atoms with van der Waals surface area (Å²) in [5, 5.41) is 3.04. The Hall–Kier alpha value is -3.00. The van der Waals surface area contributed by atoms with Crippen molar-refractivity contribution in [3.05, 3.63) is 48.5 Å². The summed E-state index contributed by atoms with van der Waals surface area (Å²) in [6, 6.07) is 10.1. The van der Waals surface area contributed by atoms with Crippen molar-refractivity contribution < 1.29 is 9.53 Å². The minimum atomic E-state index is -0.224. The number of rotatable bonds is 6. The van der Waals surface area contributed by atoms with Crippen molar-refractivity contribution in [1.82, 2.24) is 25.3 Å². The van der Waals surface area contributed by atoms with Gasteiger partial charge in [0.1, 0.15) is 11.8 Å². The van der Waals surface area contributed by atoms with Crippen LogP contribution in [0.4, 0.5) is 5.82 Å². The standard InChI is InChI=1S/C21H26N6O2/c1-21(2,15-6-4-3-5-7-15)10-17(28)22-11-16-12-27(8-9-29-16)20-18-19(24-13-23-18)25-14-26-20/h3-7,13-14,16H,8-12H2,1-2H3,(H,22,28)(H,23,24,25,26). The summed E-state index contributed by atoms with van der Waals surface area (Å²) in [5.41, 5.74) is 2.40. The van der Waals surface area contributed by atoms with Crippen LogP contribution in [-0.2, 0) is 14.9 Å². The molecule has 1 aliphatic heterocycles. The van der Waals surface area contributed by atoms with Crippen molar-refractivity contribution in [2.75, 3.05) is 31.1 Å². The number of aromatic nitrogens is 4. The fourth-order valence-electron chi connectivity index (χ4n) is 3.71. The molecule has 0 saturated carbocycles. The number of amides is 1. The van der Waals surface area contributed by atoms with E-state index in [9.17, 15) is 4.79 Å². The predicted octanol–water partition coefficient (Wildman–Crippen LogP) is 2.04. The molecular weight excluding hydrogens is 368 g/mol. The average Bonchev–Trinajstić information content (AvgIpc) is 3.22. The van der Waals surface area contributed by atoms with Crippen molar-refractivity contribution in [2.45, 2.75) is 31.8 Å². The number of anilines is 1. The first-order chi connectivity index (χ1) is 14.0. The maximum Gasteiger partial charge on any atom is 0.220 e. The van der Waals surface area contributed by atoms with Crippen LogP contribution in [0.3, 0.4) is 0 Å². The Morgan fingerprint density at radius 3 is 2.93 bits per heavy atom. The summed E-state index contributed by atoms with van der Waals surface area (Å²) in [5.74, 6) is 0.843. The van der Waals surface area contributed by atoms with E-state index in [1.54, 1.807) is 6.33 Å². The first kappa shape index (κ1) is 19.3. The Balaban J connectivity index is 1.34. The Bertz CT molecular complexity index is 971. The van der Waals surface area contributed by atoms with Gasteiger partial charge in [-0.25, -0.2) is 15.0 Å². The number of fused-ring (bicyclic) bond motifs is 1. The number of imidazole rings is 1. The smallest absolute Gasteiger partial charge is 0.220 e. The normalized spacial score (nSPS) is 17.4. The number of carbonyl (C=O) groups is 1. The molecule has 1 atom stereocenters. The van der Waals surface area contributed by atoms with E-state index in [2.05, 4.69) is 56.1 Å². The van der Waals surface area contributed by atoms with E-state index in [1.807, 2.05) is 18.2 Å². The second kappa shape index (κ2) is 8.16. The van der Waals surface area contributed by atoms with Crippen molar-refractivity contribution in [2.24, 2.45) is 0 Å². The van der Waals surface area contributed by atoms with Crippen molar-refractivity contribution in [1.29, 1.82) is 0 Å². The molecule has 0 aliphatic carbocycles. The molecule has 29 heavy (non-hydrogen) atoms. The van der Waals surface area contributed by atoms with Gasteiger partial charge in [-0.2, -0.15) is 0 Å². The lowest BCUT2D eigenvalue weighted by Gasteiger charge is -2.34. The van der Waals surface area contributed by atoms with Crippen LogP contribution < -0.4 is 10.2 Å². The molecule has 4 rings (SSSR count). The van der Waals surface area contributed by atoms with Crippen LogP contribution >= 0.6 is 0 Å². The topological polar surface area (TPSA) is 96.0 Å². The van der Waals surface area contributed by atoms with Gasteiger partial charge in [0.05, 0.1) is 19.0 Å². The third kappa shape index (κ3) is 4.37. The second-order valence-corrected chi connectivity index (χ2v) is 7.97. The zero-order valence-electron chi connectivity index (χ0n) is 16.8. The van der Waals surface area contributed by atoms with Gasteiger partial charge >= 0.3 is 0 Å². The highest BCUT2D eigenvalue weighted by molar-refractivity contribution is 5.82. The SMILES string of the molecule is CC(C)(CC(=O)NCC1CN(c2ncnc3nc[nH]c23)CCO1)c1ccccc1. The van der Waals surface area contributed by atoms with E-state index in [-0.39, 0.29) is 17.4 Å². The summed E-state index contributed by atoms with van der Waals surface area (Å²) in [7, 11) is 0. The van der Waals surface area contributed by atoms with Crippen molar-refractivity contribution >= 4 is 22.9 Å². The first-order valence-electron chi connectivity index (χ1n) is 9.86. The lowest BCUT2D eigenvalue weighted by Crippen LogP contribution is -2.48. The third-order valence-corrected chi connectivity index (χ3v) is 5.33. The van der Waals surface area contributed by atoms with E-state index in [0.29, 0.717) is 31.8 Å². The molecule has 2 N–H and O–H groups in total. The largest absolute Gasteiger partial charge is 0.373 e. The Morgan fingerprint density at radius 2 is 2.10 bits per heavy atom. The molecule has 1 amide bonds. The number of nitrogens with one attached hydrogen (secondary N) is 2. The van der Waals surface area contributed by atoms with Gasteiger partial charge in [-0.1, -0.05) is 44.2 Å². The number of H-pyrrole nitrogens is 1. The van der Waals surface area contributed by atoms with Gasteiger partial charge in [0.25, 0.3) is 0 Å². The molecule has 8 heteroatoms. The van der Waals surface area contributed by atoms with Gasteiger partial charge in [0.15, 0.2) is 11.5 Å². The van der Waals surface area contributed by atoms with E-state index in [1.165, 1.54) is 6.33 Å². The summed E-state index contributed by atoms with van der Waals surface area (Å²) in [6.07, 6.45) is 3.47. The van der Waals surface area contributed by atoms with Crippen LogP contribution in [0.25, 0.3) is 11.2 Å². The molecule has 8 nitrogen and oxygen atoms in total. The highest BCUT2D eigenvalue weighted by Crippen LogP contribution is 2.26. The summed E-state index contributed by atoms with van der Waals surface area (Å²) in [4.78, 5) is 30.6. The number of carbonyl (C=O) groups excluding carboxylic acids is 1. The van der Waals surface area contributed by atoms with Crippen LogP contribution in [0.5, 0.6) is 0 Å². The molecule has 2 aromatic heterocycles. The summed E-state index contributed by atoms with van der Waals surface area (Å²) in [6.45, 7) is 6.61. The Labute approximate surface area is 169 Å². The minimum absolute atomic E-state index is 0.0255. The lowest BCUT2D eigenvalue weighted by atomic mass is 9.81. The highest BCUT2D eigenvalue weighted by atomic mass is 16.5. The highest BCUT2D eigenvalue weighted by Gasteiger charge is 2.27.